The fourth-order valence-electron chi connectivity index (χ4n) is 9.24. The normalized spacial score (nSPS) is 12.1. The van der Waals surface area contributed by atoms with Gasteiger partial charge in [-0.3, -0.25) is 0 Å². The first-order valence-electron chi connectivity index (χ1n) is 18.7. The molecule has 0 spiro atoms. The second kappa shape index (κ2) is 11.2. The van der Waals surface area contributed by atoms with Crippen LogP contribution in [-0.2, 0) is 0 Å². The maximum Gasteiger partial charge on any atom is 0.0547 e. The highest BCUT2D eigenvalue weighted by atomic mass is 15.0. The maximum atomic E-state index is 2.43. The molecule has 0 N–H and O–H groups in total. The quantitative estimate of drug-likeness (QED) is 0.175. The summed E-state index contributed by atoms with van der Waals surface area (Å²) in [6.45, 7) is 0. The van der Waals surface area contributed by atoms with Crippen LogP contribution in [0.5, 0.6) is 0 Å². The third-order valence-corrected chi connectivity index (χ3v) is 11.6. The van der Waals surface area contributed by atoms with Gasteiger partial charge in [-0.25, -0.2) is 0 Å². The van der Waals surface area contributed by atoms with E-state index in [2.05, 4.69) is 203 Å². The molecule has 250 valence electrons. The molecule has 0 atom stereocenters. The predicted octanol–water partition coefficient (Wildman–Crippen LogP) is 14.0. The number of para-hydroxylation sites is 3. The van der Waals surface area contributed by atoms with Gasteiger partial charge in [0, 0.05) is 32.9 Å². The van der Waals surface area contributed by atoms with Gasteiger partial charge in [-0.2, -0.15) is 0 Å². The van der Waals surface area contributed by atoms with Gasteiger partial charge in [-0.05, 0) is 122 Å². The maximum absolute atomic E-state index is 2.43. The molecule has 2 nitrogen and oxygen atoms in total. The van der Waals surface area contributed by atoms with Crippen LogP contribution in [0.25, 0.3) is 110 Å². The molecule has 1 aliphatic carbocycles. The Morgan fingerprint density at radius 2 is 0.833 bits per heavy atom. The van der Waals surface area contributed by atoms with Crippen LogP contribution in [0.3, 0.4) is 0 Å². The molecule has 0 radical (unpaired) electrons. The molecule has 0 saturated carbocycles. The van der Waals surface area contributed by atoms with Gasteiger partial charge in [0.05, 0.1) is 22.1 Å². The average molecular weight is 685 g/mol. The van der Waals surface area contributed by atoms with E-state index in [4.69, 9.17) is 0 Å². The minimum absolute atomic E-state index is 1.16. The number of rotatable bonds is 4. The molecule has 12 rings (SSSR count). The summed E-state index contributed by atoms with van der Waals surface area (Å²) < 4.78 is 4.83. The first-order valence-corrected chi connectivity index (χ1v) is 18.7. The lowest BCUT2D eigenvalue weighted by Gasteiger charge is -2.12. The van der Waals surface area contributed by atoms with Crippen molar-refractivity contribution in [2.45, 2.75) is 0 Å². The highest BCUT2D eigenvalue weighted by Gasteiger charge is 2.22. The van der Waals surface area contributed by atoms with Crippen molar-refractivity contribution < 1.29 is 0 Å². The van der Waals surface area contributed by atoms with Crippen LogP contribution in [0.4, 0.5) is 0 Å². The Morgan fingerprint density at radius 1 is 0.259 bits per heavy atom. The summed E-state index contributed by atoms with van der Waals surface area (Å²) in [5.41, 5.74) is 17.3. The van der Waals surface area contributed by atoms with Gasteiger partial charge in [-0.1, -0.05) is 127 Å². The Kier molecular flexibility index (Phi) is 6.09. The van der Waals surface area contributed by atoms with E-state index in [1.807, 2.05) is 0 Å². The van der Waals surface area contributed by atoms with Crippen LogP contribution >= 0.6 is 0 Å². The van der Waals surface area contributed by atoms with Crippen molar-refractivity contribution in [3.8, 4) is 55.9 Å². The summed E-state index contributed by atoms with van der Waals surface area (Å²) in [4.78, 5) is 0. The second-order valence-electron chi connectivity index (χ2n) is 14.5. The lowest BCUT2D eigenvalue weighted by Crippen LogP contribution is -1.94. The summed E-state index contributed by atoms with van der Waals surface area (Å²) in [6.07, 6.45) is 0. The molecule has 9 aromatic carbocycles. The minimum atomic E-state index is 1.16. The molecular formula is C52H32N2. The number of hydrogen-bond donors (Lipinski definition) is 0. The lowest BCUT2D eigenvalue weighted by molar-refractivity contribution is 1.18. The van der Waals surface area contributed by atoms with Crippen molar-refractivity contribution in [1.29, 1.82) is 0 Å². The number of hydrogen-bond acceptors (Lipinski definition) is 0. The van der Waals surface area contributed by atoms with Crippen LogP contribution in [0.1, 0.15) is 0 Å². The van der Waals surface area contributed by atoms with E-state index in [9.17, 15) is 0 Å². The molecule has 0 amide bonds. The summed E-state index contributed by atoms with van der Waals surface area (Å²) in [6, 6.07) is 71.5. The summed E-state index contributed by atoms with van der Waals surface area (Å²) in [7, 11) is 0. The van der Waals surface area contributed by atoms with E-state index < -0.39 is 0 Å². The number of nitrogens with zero attached hydrogens (tertiary/aromatic N) is 2. The van der Waals surface area contributed by atoms with Gasteiger partial charge < -0.3 is 9.13 Å². The van der Waals surface area contributed by atoms with Crippen molar-refractivity contribution in [2.75, 3.05) is 0 Å². The third-order valence-electron chi connectivity index (χ3n) is 11.6. The Labute approximate surface area is 312 Å². The molecule has 0 fully saturated rings. The number of fused-ring (bicyclic) bond motifs is 9. The monoisotopic (exact) mass is 684 g/mol. The molecule has 0 unspecified atom stereocenters. The zero-order valence-electron chi connectivity index (χ0n) is 29.4. The largest absolute Gasteiger partial charge is 0.309 e. The molecule has 11 aromatic rings. The molecule has 0 aliphatic heterocycles. The van der Waals surface area contributed by atoms with E-state index >= 15 is 0 Å². The molecular weight excluding hydrogens is 653 g/mol. The lowest BCUT2D eigenvalue weighted by atomic mass is 9.96. The van der Waals surface area contributed by atoms with Gasteiger partial charge in [0.15, 0.2) is 0 Å². The van der Waals surface area contributed by atoms with Crippen LogP contribution in [0.15, 0.2) is 194 Å². The topological polar surface area (TPSA) is 9.86 Å². The van der Waals surface area contributed by atoms with Crippen LogP contribution in [0.2, 0.25) is 0 Å². The molecule has 0 bridgehead atoms. The standard InChI is InChI=1S/C52H32N2/c1-2-14-38(15-3-1)53-48-22-8-6-19-42(48)44-26-24-35(32-51(44)53)34-25-27-50-46(30-34)43-20-7-9-23-49(43)54(50)39-16-10-12-33(29-39)37-28-36-13-11-21-45-40-17-4-5-18-41(40)47(31-37)52(36)45/h1-32H. The fraction of sp³-hybridized carbons (Fsp3) is 0. The molecule has 0 saturated heterocycles. The van der Waals surface area contributed by atoms with Gasteiger partial charge in [0.1, 0.15) is 0 Å². The Hall–Kier alpha value is -7.16. The summed E-state index contributed by atoms with van der Waals surface area (Å²) >= 11 is 0. The van der Waals surface area contributed by atoms with Gasteiger partial charge in [0.2, 0.25) is 0 Å². The van der Waals surface area contributed by atoms with Crippen LogP contribution < -0.4 is 0 Å². The first kappa shape index (κ1) is 29.4. The van der Waals surface area contributed by atoms with E-state index in [1.54, 1.807) is 0 Å². The SMILES string of the molecule is c1ccc(-n2c3ccccc3c3ccc(-c4ccc5c(c4)c4ccccc4n5-c4cccc(-c5cc6c7c(cccc7c5)-c5ccccc5-6)c4)cc32)cc1. The van der Waals surface area contributed by atoms with Crippen LogP contribution in [-0.4, -0.2) is 9.13 Å². The van der Waals surface area contributed by atoms with Crippen molar-refractivity contribution in [2.24, 2.45) is 0 Å². The molecule has 1 aliphatic rings. The second-order valence-corrected chi connectivity index (χ2v) is 14.5. The average Bonchev–Trinajstić information content (AvgIpc) is 3.87. The van der Waals surface area contributed by atoms with Crippen LogP contribution in [0, 0.1) is 0 Å². The summed E-state index contributed by atoms with van der Waals surface area (Å²) in [5, 5.41) is 7.68. The van der Waals surface area contributed by atoms with Gasteiger partial charge in [-0.15, -0.1) is 0 Å². The summed E-state index contributed by atoms with van der Waals surface area (Å²) in [5.74, 6) is 0. The zero-order chi connectivity index (χ0) is 35.3. The third kappa shape index (κ3) is 4.17. The highest BCUT2D eigenvalue weighted by Crippen LogP contribution is 2.49. The number of benzene rings is 9. The smallest absolute Gasteiger partial charge is 0.0547 e. The Morgan fingerprint density at radius 3 is 1.67 bits per heavy atom. The van der Waals surface area contributed by atoms with Crippen molar-refractivity contribution in [3.63, 3.8) is 0 Å². The molecule has 2 aromatic heterocycles. The van der Waals surface area contributed by atoms with E-state index in [0.717, 1.165) is 5.69 Å². The fourth-order valence-corrected chi connectivity index (χ4v) is 9.24. The van der Waals surface area contributed by atoms with Crippen molar-refractivity contribution in [3.05, 3.63) is 194 Å². The minimum Gasteiger partial charge on any atom is -0.309 e. The zero-order valence-corrected chi connectivity index (χ0v) is 29.4. The Balaban J connectivity index is 1.01. The molecule has 2 heterocycles. The Bertz CT molecular complexity index is 3320. The van der Waals surface area contributed by atoms with Gasteiger partial charge >= 0.3 is 0 Å². The highest BCUT2D eigenvalue weighted by molar-refractivity contribution is 6.17. The number of aromatic nitrogens is 2. The first-order chi connectivity index (χ1) is 26.8. The van der Waals surface area contributed by atoms with E-state index in [-0.39, 0.29) is 0 Å². The van der Waals surface area contributed by atoms with E-state index in [0.29, 0.717) is 0 Å². The predicted molar refractivity (Wildman–Crippen MR) is 228 cm³/mol. The van der Waals surface area contributed by atoms with E-state index in [1.165, 1.54) is 105 Å². The van der Waals surface area contributed by atoms with Gasteiger partial charge in [0.25, 0.3) is 0 Å². The van der Waals surface area contributed by atoms with Crippen molar-refractivity contribution in [1.82, 2.24) is 9.13 Å². The molecule has 54 heavy (non-hydrogen) atoms. The van der Waals surface area contributed by atoms with Crippen molar-refractivity contribution >= 4 is 54.4 Å². The molecule has 2 heteroatoms.